The summed E-state index contributed by atoms with van der Waals surface area (Å²) >= 11 is 0. The summed E-state index contributed by atoms with van der Waals surface area (Å²) < 4.78 is 3.76. The van der Waals surface area contributed by atoms with Gasteiger partial charge in [-0.2, -0.15) is 0 Å². The van der Waals surface area contributed by atoms with E-state index in [4.69, 9.17) is 0 Å². The molecule has 4 nitrogen and oxygen atoms in total. The van der Waals surface area contributed by atoms with Gasteiger partial charge in [0.1, 0.15) is 12.4 Å². The average molecular weight is 257 g/mol. The van der Waals surface area contributed by atoms with Crippen molar-refractivity contribution in [1.82, 2.24) is 9.88 Å². The van der Waals surface area contributed by atoms with E-state index in [0.717, 1.165) is 0 Å². The molecule has 1 radical (unpaired) electrons. The Morgan fingerprint density at radius 2 is 2.23 bits per heavy atom. The van der Waals surface area contributed by atoms with Crippen LogP contribution < -0.4 is 9.88 Å². The molecule has 1 amide bonds. The maximum Gasteiger partial charge on any atom is 0.264 e. The molecule has 0 aliphatic carbocycles. The average Bonchev–Trinajstić information content (AvgIpc) is 2.49. The molecule has 1 rings (SSSR count). The van der Waals surface area contributed by atoms with Crippen molar-refractivity contribution in [2.75, 3.05) is 7.05 Å². The first-order valence-electron chi connectivity index (χ1n) is 3.89. The molecule has 5 heteroatoms. The number of carbonyl (C=O) groups excluding carboxylic acids is 1. The van der Waals surface area contributed by atoms with Crippen molar-refractivity contribution >= 4 is 5.91 Å². The Labute approximate surface area is 103 Å². The van der Waals surface area contributed by atoms with Crippen LogP contribution in [-0.2, 0) is 44.6 Å². The fourth-order valence-electron chi connectivity index (χ4n) is 1.04. The summed E-state index contributed by atoms with van der Waals surface area (Å²) in [6.45, 7) is 1.86. The third-order valence-corrected chi connectivity index (χ3v) is 1.86. The van der Waals surface area contributed by atoms with Crippen LogP contribution in [0.4, 0.5) is 0 Å². The summed E-state index contributed by atoms with van der Waals surface area (Å²) in [7, 11) is 3.56. The summed E-state index contributed by atoms with van der Waals surface area (Å²) in [4.78, 5) is 11.2. The van der Waals surface area contributed by atoms with E-state index in [2.05, 4.69) is 5.32 Å². The number of amides is 1. The molecule has 1 N–H and O–H groups in total. The molecule has 0 aliphatic rings. The normalized spacial score (nSPS) is 11.6. The Kier molecular flexibility index (Phi) is 5.41. The van der Waals surface area contributed by atoms with Gasteiger partial charge in [-0.25, -0.2) is 9.13 Å². The first kappa shape index (κ1) is 12.8. The predicted octanol–water partition coefficient (Wildman–Crippen LogP) is -0.383. The SMILES string of the molecule is CNC(=O)C(C)n1cc[n+](C)c1.[Y]. The maximum atomic E-state index is 11.2. The number of hydrogen-bond donors (Lipinski definition) is 1. The van der Waals surface area contributed by atoms with Gasteiger partial charge in [-0.1, -0.05) is 0 Å². The molecule has 0 saturated heterocycles. The first-order valence-corrected chi connectivity index (χ1v) is 3.89. The molecule has 0 bridgehead atoms. The van der Waals surface area contributed by atoms with Crippen molar-refractivity contribution in [1.29, 1.82) is 0 Å². The zero-order valence-corrected chi connectivity index (χ0v) is 11.0. The van der Waals surface area contributed by atoms with E-state index in [1.807, 2.05) is 41.8 Å². The smallest absolute Gasteiger partial charge is 0.264 e. The van der Waals surface area contributed by atoms with Gasteiger partial charge in [-0.15, -0.1) is 0 Å². The summed E-state index contributed by atoms with van der Waals surface area (Å²) in [6, 6.07) is -0.142. The van der Waals surface area contributed by atoms with Crippen LogP contribution in [0.2, 0.25) is 0 Å². The Bertz CT molecular complexity index is 285. The van der Waals surface area contributed by atoms with Gasteiger partial charge < -0.3 is 5.32 Å². The second-order valence-corrected chi connectivity index (χ2v) is 2.82. The molecule has 1 aromatic rings. The predicted molar refractivity (Wildman–Crippen MR) is 44.4 cm³/mol. The number of imidazole rings is 1. The van der Waals surface area contributed by atoms with Crippen LogP contribution in [0.3, 0.4) is 0 Å². The molecule has 1 atom stereocenters. The van der Waals surface area contributed by atoms with Gasteiger partial charge in [-0.3, -0.25) is 4.79 Å². The molecule has 1 unspecified atom stereocenters. The zero-order chi connectivity index (χ0) is 9.14. The second-order valence-electron chi connectivity index (χ2n) is 2.82. The van der Waals surface area contributed by atoms with Gasteiger partial charge in [0.25, 0.3) is 5.91 Å². The summed E-state index contributed by atoms with van der Waals surface area (Å²) in [5.74, 6) is 0.0196. The van der Waals surface area contributed by atoms with Crippen LogP contribution in [0.5, 0.6) is 0 Å². The van der Waals surface area contributed by atoms with E-state index in [-0.39, 0.29) is 44.7 Å². The molecule has 1 aromatic heterocycles. The van der Waals surface area contributed by atoms with E-state index < -0.39 is 0 Å². The summed E-state index contributed by atoms with van der Waals surface area (Å²) in [6.07, 6.45) is 5.65. The number of nitrogens with one attached hydrogen (secondary N) is 1. The molecule has 0 saturated carbocycles. The van der Waals surface area contributed by atoms with Crippen LogP contribution in [0, 0.1) is 0 Å². The first-order chi connectivity index (χ1) is 5.65. The van der Waals surface area contributed by atoms with Crippen molar-refractivity contribution < 1.29 is 42.1 Å². The minimum Gasteiger partial charge on any atom is -0.356 e. The minimum atomic E-state index is -0.142. The van der Waals surface area contributed by atoms with Crippen molar-refractivity contribution in [3.63, 3.8) is 0 Å². The minimum absolute atomic E-state index is 0. The van der Waals surface area contributed by atoms with Crippen LogP contribution in [-0.4, -0.2) is 17.5 Å². The second kappa shape index (κ2) is 5.50. The van der Waals surface area contributed by atoms with Gasteiger partial charge >= 0.3 is 0 Å². The standard InChI is InChI=1S/C8H13N3O.Y/c1-7(8(12)9-2)11-5-4-10(3)6-11;/h4-7H,1-3H3;/p+1. The van der Waals surface area contributed by atoms with Gasteiger partial charge in [0.05, 0.1) is 7.05 Å². The van der Waals surface area contributed by atoms with Gasteiger partial charge in [-0.05, 0) is 6.92 Å². The number of likely N-dealkylation sites (N-methyl/N-ethyl adjacent to an activating group) is 1. The van der Waals surface area contributed by atoms with Crippen molar-refractivity contribution in [3.8, 4) is 0 Å². The molecule has 0 spiro atoms. The van der Waals surface area contributed by atoms with Gasteiger partial charge in [0.2, 0.25) is 6.33 Å². The Morgan fingerprint density at radius 1 is 1.62 bits per heavy atom. The quantitative estimate of drug-likeness (QED) is 0.720. The van der Waals surface area contributed by atoms with E-state index in [1.165, 1.54) is 0 Å². The number of aromatic nitrogens is 2. The van der Waals surface area contributed by atoms with Crippen LogP contribution in [0.1, 0.15) is 13.0 Å². The number of hydrogen-bond acceptors (Lipinski definition) is 1. The maximum absolute atomic E-state index is 11.2. The van der Waals surface area contributed by atoms with E-state index >= 15 is 0 Å². The van der Waals surface area contributed by atoms with Gasteiger partial charge in [0, 0.05) is 39.8 Å². The molecule has 0 aliphatic heterocycles. The van der Waals surface area contributed by atoms with Crippen LogP contribution in [0.25, 0.3) is 0 Å². The van der Waals surface area contributed by atoms with E-state index in [0.29, 0.717) is 0 Å². The molecule has 1 heterocycles. The Hall–Kier alpha value is -0.216. The van der Waals surface area contributed by atoms with Crippen molar-refractivity contribution in [2.45, 2.75) is 13.0 Å². The van der Waals surface area contributed by atoms with E-state index in [1.54, 1.807) is 7.05 Å². The van der Waals surface area contributed by atoms with Crippen molar-refractivity contribution in [3.05, 3.63) is 18.7 Å². The molecule has 69 valence electrons. The summed E-state index contributed by atoms with van der Waals surface area (Å²) in [5, 5.41) is 2.60. The fourth-order valence-corrected chi connectivity index (χ4v) is 1.04. The monoisotopic (exact) mass is 257 g/mol. The molecule has 0 aromatic carbocycles. The van der Waals surface area contributed by atoms with Crippen LogP contribution in [0.15, 0.2) is 18.7 Å². The number of nitrogens with zero attached hydrogens (tertiary/aromatic N) is 2. The number of carbonyl (C=O) groups is 1. The topological polar surface area (TPSA) is 37.9 Å². The molecule has 0 fully saturated rings. The molecular weight excluding hydrogens is 243 g/mol. The Balaban J connectivity index is 0.00000144. The van der Waals surface area contributed by atoms with Crippen LogP contribution >= 0.6 is 0 Å². The molecular formula is C8H14N3OY+. The van der Waals surface area contributed by atoms with Gasteiger partial charge in [0.15, 0.2) is 6.04 Å². The number of rotatable bonds is 2. The third-order valence-electron chi connectivity index (χ3n) is 1.86. The van der Waals surface area contributed by atoms with E-state index in [9.17, 15) is 4.79 Å². The largest absolute Gasteiger partial charge is 0.356 e. The Morgan fingerprint density at radius 3 is 2.62 bits per heavy atom. The summed E-state index contributed by atoms with van der Waals surface area (Å²) in [5.41, 5.74) is 0. The molecule has 13 heavy (non-hydrogen) atoms. The van der Waals surface area contributed by atoms with Crippen molar-refractivity contribution in [2.24, 2.45) is 7.05 Å². The number of aryl methyl sites for hydroxylation is 1. The fraction of sp³-hybridized carbons (Fsp3) is 0.500. The third kappa shape index (κ3) is 3.20. The zero-order valence-electron chi connectivity index (χ0n) is 8.19.